The van der Waals surface area contributed by atoms with Gasteiger partial charge in [-0.1, -0.05) is 0 Å². The number of likely N-dealkylation sites (N-methyl/N-ethyl adjacent to an activating group) is 1. The van der Waals surface area contributed by atoms with Gasteiger partial charge in [0.15, 0.2) is 0 Å². The van der Waals surface area contributed by atoms with Gasteiger partial charge in [-0.2, -0.15) is 0 Å². The summed E-state index contributed by atoms with van der Waals surface area (Å²) >= 11 is 0. The molecule has 0 bridgehead atoms. The average Bonchev–Trinajstić information content (AvgIpc) is 2.38. The molecule has 1 amide bonds. The number of hydrogen-bond donors (Lipinski definition) is 1. The predicted octanol–water partition coefficient (Wildman–Crippen LogP) is 0.688. The average molecular weight is 265 g/mol. The first-order valence-electron chi connectivity index (χ1n) is 5.94. The minimum atomic E-state index is -0.608. The zero-order valence-corrected chi connectivity index (χ0v) is 10.6. The Morgan fingerprint density at radius 2 is 1.95 bits per heavy atom. The summed E-state index contributed by atoms with van der Waals surface area (Å²) in [4.78, 5) is 26.2. The molecule has 0 unspecified atom stereocenters. The second kappa shape index (κ2) is 5.23. The van der Waals surface area contributed by atoms with Crippen molar-refractivity contribution in [2.75, 3.05) is 33.2 Å². The van der Waals surface area contributed by atoms with Crippen molar-refractivity contribution in [2.24, 2.45) is 0 Å². The Kier molecular flexibility index (Phi) is 3.66. The van der Waals surface area contributed by atoms with E-state index in [2.05, 4.69) is 4.90 Å². The van der Waals surface area contributed by atoms with Crippen LogP contribution in [0.4, 0.5) is 5.69 Å². The Morgan fingerprint density at radius 1 is 1.32 bits per heavy atom. The molecule has 0 aliphatic carbocycles. The van der Waals surface area contributed by atoms with E-state index >= 15 is 0 Å². The van der Waals surface area contributed by atoms with Gasteiger partial charge in [0.05, 0.1) is 4.92 Å². The molecule has 2 rings (SSSR count). The highest BCUT2D eigenvalue weighted by molar-refractivity contribution is 5.98. The van der Waals surface area contributed by atoms with Crippen LogP contribution in [-0.2, 0) is 0 Å². The standard InChI is InChI=1S/C12H15N3O4/c1-13-4-6-14(7-5-13)12(17)10-8-9(16)2-3-11(10)15(18)19/h2-3,8,16H,4-7H2,1H3. The summed E-state index contributed by atoms with van der Waals surface area (Å²) in [5.41, 5.74) is -0.337. The molecular formula is C12H15N3O4. The lowest BCUT2D eigenvalue weighted by Crippen LogP contribution is -2.47. The summed E-state index contributed by atoms with van der Waals surface area (Å²) in [6.07, 6.45) is 0. The van der Waals surface area contributed by atoms with Crippen molar-refractivity contribution in [3.63, 3.8) is 0 Å². The second-order valence-electron chi connectivity index (χ2n) is 4.55. The highest BCUT2D eigenvalue weighted by Gasteiger charge is 2.27. The molecule has 1 heterocycles. The Morgan fingerprint density at radius 3 is 2.53 bits per heavy atom. The quantitative estimate of drug-likeness (QED) is 0.628. The van der Waals surface area contributed by atoms with Gasteiger partial charge in [-0.3, -0.25) is 14.9 Å². The van der Waals surface area contributed by atoms with E-state index < -0.39 is 10.8 Å². The van der Waals surface area contributed by atoms with Gasteiger partial charge in [0, 0.05) is 32.2 Å². The maximum Gasteiger partial charge on any atom is 0.282 e. The second-order valence-corrected chi connectivity index (χ2v) is 4.55. The van der Waals surface area contributed by atoms with Crippen molar-refractivity contribution < 1.29 is 14.8 Å². The number of nitrogens with zero attached hydrogens (tertiary/aromatic N) is 3. The predicted molar refractivity (Wildman–Crippen MR) is 68.2 cm³/mol. The van der Waals surface area contributed by atoms with Crippen LogP contribution in [0.3, 0.4) is 0 Å². The summed E-state index contributed by atoms with van der Waals surface area (Å²) in [5, 5.41) is 20.3. The Hall–Kier alpha value is -2.15. The summed E-state index contributed by atoms with van der Waals surface area (Å²) in [5.74, 6) is -0.557. The minimum Gasteiger partial charge on any atom is -0.508 e. The van der Waals surface area contributed by atoms with Gasteiger partial charge in [0.25, 0.3) is 11.6 Å². The number of hydrogen-bond acceptors (Lipinski definition) is 5. The van der Waals surface area contributed by atoms with E-state index in [9.17, 15) is 20.0 Å². The molecule has 1 aliphatic heterocycles. The maximum atomic E-state index is 12.3. The van der Waals surface area contributed by atoms with Crippen LogP contribution in [0, 0.1) is 10.1 Å². The lowest BCUT2D eigenvalue weighted by Gasteiger charge is -2.32. The van der Waals surface area contributed by atoms with Crippen molar-refractivity contribution >= 4 is 11.6 Å². The molecule has 102 valence electrons. The van der Waals surface area contributed by atoms with Crippen molar-refractivity contribution in [1.82, 2.24) is 9.80 Å². The van der Waals surface area contributed by atoms with Crippen LogP contribution < -0.4 is 0 Å². The van der Waals surface area contributed by atoms with E-state index in [-0.39, 0.29) is 17.0 Å². The molecule has 0 aromatic heterocycles. The number of nitro benzene ring substituents is 1. The van der Waals surface area contributed by atoms with Crippen LogP contribution in [0.15, 0.2) is 18.2 Å². The highest BCUT2D eigenvalue weighted by atomic mass is 16.6. The van der Waals surface area contributed by atoms with E-state index in [4.69, 9.17) is 0 Å². The van der Waals surface area contributed by atoms with Crippen molar-refractivity contribution in [3.05, 3.63) is 33.9 Å². The molecule has 1 aliphatic rings. The van der Waals surface area contributed by atoms with E-state index in [1.165, 1.54) is 6.07 Å². The van der Waals surface area contributed by atoms with E-state index in [1.807, 2.05) is 7.05 Å². The summed E-state index contributed by atoms with van der Waals surface area (Å²) in [7, 11) is 1.96. The smallest absolute Gasteiger partial charge is 0.282 e. The molecule has 1 aromatic carbocycles. The van der Waals surface area contributed by atoms with Gasteiger partial charge < -0.3 is 14.9 Å². The van der Waals surface area contributed by atoms with Gasteiger partial charge in [0.2, 0.25) is 0 Å². The molecule has 19 heavy (non-hydrogen) atoms. The number of amides is 1. The lowest BCUT2D eigenvalue weighted by atomic mass is 10.1. The van der Waals surface area contributed by atoms with Crippen LogP contribution in [0.2, 0.25) is 0 Å². The molecule has 1 aromatic rings. The molecule has 1 saturated heterocycles. The fourth-order valence-electron chi connectivity index (χ4n) is 2.03. The molecule has 0 radical (unpaired) electrons. The van der Waals surface area contributed by atoms with Gasteiger partial charge in [-0.25, -0.2) is 0 Å². The number of aromatic hydroxyl groups is 1. The molecule has 0 atom stereocenters. The van der Waals surface area contributed by atoms with Crippen LogP contribution in [0.25, 0.3) is 0 Å². The molecule has 1 fully saturated rings. The Bertz CT molecular complexity index is 510. The van der Waals surface area contributed by atoms with Crippen LogP contribution in [0.5, 0.6) is 5.75 Å². The third kappa shape index (κ3) is 2.82. The summed E-state index contributed by atoms with van der Waals surface area (Å²) < 4.78 is 0. The lowest BCUT2D eigenvalue weighted by molar-refractivity contribution is -0.385. The molecule has 0 saturated carbocycles. The number of nitro groups is 1. The number of phenolic OH excluding ortho intramolecular Hbond substituents is 1. The van der Waals surface area contributed by atoms with Gasteiger partial charge in [-0.15, -0.1) is 0 Å². The normalized spacial score (nSPS) is 16.4. The van der Waals surface area contributed by atoms with E-state index in [0.29, 0.717) is 13.1 Å². The van der Waals surface area contributed by atoms with Crippen molar-refractivity contribution in [1.29, 1.82) is 0 Å². The van der Waals surface area contributed by atoms with E-state index in [1.54, 1.807) is 4.90 Å². The molecule has 1 N–H and O–H groups in total. The van der Waals surface area contributed by atoms with Crippen molar-refractivity contribution in [2.45, 2.75) is 0 Å². The zero-order chi connectivity index (χ0) is 14.0. The first-order valence-corrected chi connectivity index (χ1v) is 5.94. The Balaban J connectivity index is 2.27. The maximum absolute atomic E-state index is 12.3. The zero-order valence-electron chi connectivity index (χ0n) is 10.6. The highest BCUT2D eigenvalue weighted by Crippen LogP contribution is 2.25. The Labute approximate surface area is 110 Å². The number of benzene rings is 1. The van der Waals surface area contributed by atoms with Crippen molar-refractivity contribution in [3.8, 4) is 5.75 Å². The topological polar surface area (TPSA) is 86.9 Å². The number of carbonyl (C=O) groups excluding carboxylic acids is 1. The first kappa shape index (κ1) is 13.3. The first-order chi connectivity index (χ1) is 8.99. The largest absolute Gasteiger partial charge is 0.508 e. The van der Waals surface area contributed by atoms with E-state index in [0.717, 1.165) is 25.2 Å². The minimum absolute atomic E-state index is 0.0606. The number of phenols is 1. The van der Waals surface area contributed by atoms with Gasteiger partial charge >= 0.3 is 0 Å². The van der Waals surface area contributed by atoms with Crippen LogP contribution in [-0.4, -0.2) is 59.0 Å². The van der Waals surface area contributed by atoms with Crippen LogP contribution in [0.1, 0.15) is 10.4 Å². The third-order valence-corrected chi connectivity index (χ3v) is 3.20. The molecule has 7 heteroatoms. The van der Waals surface area contributed by atoms with Gasteiger partial charge in [0.1, 0.15) is 11.3 Å². The summed E-state index contributed by atoms with van der Waals surface area (Å²) in [6.45, 7) is 2.53. The molecule has 7 nitrogen and oxygen atoms in total. The fraction of sp³-hybridized carbons (Fsp3) is 0.417. The third-order valence-electron chi connectivity index (χ3n) is 3.20. The molecular weight excluding hydrogens is 250 g/mol. The monoisotopic (exact) mass is 265 g/mol. The van der Waals surface area contributed by atoms with Crippen LogP contribution >= 0.6 is 0 Å². The fourth-order valence-corrected chi connectivity index (χ4v) is 2.03. The number of carbonyl (C=O) groups is 1. The van der Waals surface area contributed by atoms with Gasteiger partial charge in [-0.05, 0) is 19.2 Å². The molecule has 0 spiro atoms. The number of piperazine rings is 1. The summed E-state index contributed by atoms with van der Waals surface area (Å²) in [6, 6.07) is 3.51. The number of rotatable bonds is 2. The SMILES string of the molecule is CN1CCN(C(=O)c2cc(O)ccc2[N+](=O)[O-])CC1.